The van der Waals surface area contributed by atoms with Gasteiger partial charge in [-0.05, 0) is 85.5 Å². The van der Waals surface area contributed by atoms with Gasteiger partial charge in [0, 0.05) is 16.8 Å². The molecule has 152 valence electrons. The zero-order valence-electron chi connectivity index (χ0n) is 16.9. The number of aromatic nitrogens is 1. The first-order chi connectivity index (χ1) is 13.8. The minimum absolute atomic E-state index is 0.126. The Morgan fingerprint density at radius 2 is 1.93 bits per heavy atom. The largest absolute Gasteiger partial charge is 0.508 e. The summed E-state index contributed by atoms with van der Waals surface area (Å²) in [4.78, 5) is 11.5. The number of carboxylic acid groups (broad SMARTS) is 1. The van der Waals surface area contributed by atoms with Gasteiger partial charge in [0.15, 0.2) is 0 Å². The van der Waals surface area contributed by atoms with Crippen LogP contribution >= 0.6 is 0 Å². The Labute approximate surface area is 169 Å². The number of aliphatic carboxylic acids is 1. The number of hydrogen-bond donors (Lipinski definition) is 2. The average molecular weight is 395 g/mol. The zero-order valence-corrected chi connectivity index (χ0v) is 16.9. The Balaban J connectivity index is 2.00. The van der Waals surface area contributed by atoms with Crippen LogP contribution in [-0.4, -0.2) is 20.7 Å². The van der Waals surface area contributed by atoms with Gasteiger partial charge in [0.1, 0.15) is 11.6 Å². The van der Waals surface area contributed by atoms with Crippen LogP contribution in [0.3, 0.4) is 0 Å². The van der Waals surface area contributed by atoms with E-state index < -0.39 is 5.97 Å². The number of fused-ring (bicyclic) bond motifs is 1. The number of rotatable bonds is 4. The number of nitrogens with zero attached hydrogens (tertiary/aromatic N) is 1. The lowest BCUT2D eigenvalue weighted by atomic mass is 9.90. The van der Waals surface area contributed by atoms with Crippen molar-refractivity contribution >= 4 is 16.9 Å². The maximum absolute atomic E-state index is 13.9. The molecule has 0 unspecified atom stereocenters. The van der Waals surface area contributed by atoms with Crippen LogP contribution < -0.4 is 0 Å². The Kier molecular flexibility index (Phi) is 4.85. The second kappa shape index (κ2) is 7.21. The summed E-state index contributed by atoms with van der Waals surface area (Å²) in [6, 6.07) is 10.4. The number of carboxylic acids is 1. The number of halogens is 1. The van der Waals surface area contributed by atoms with Gasteiger partial charge in [-0.1, -0.05) is 13.8 Å². The first-order valence-corrected chi connectivity index (χ1v) is 10.1. The molecule has 0 spiro atoms. The van der Waals surface area contributed by atoms with Gasteiger partial charge >= 0.3 is 5.97 Å². The van der Waals surface area contributed by atoms with Gasteiger partial charge < -0.3 is 14.8 Å². The fourth-order valence-corrected chi connectivity index (χ4v) is 4.84. The van der Waals surface area contributed by atoms with Crippen molar-refractivity contribution in [2.75, 3.05) is 0 Å². The monoisotopic (exact) mass is 395 g/mol. The summed E-state index contributed by atoms with van der Waals surface area (Å²) in [5.41, 5.74) is 4.63. The Morgan fingerprint density at radius 1 is 1.17 bits per heavy atom. The highest BCUT2D eigenvalue weighted by atomic mass is 19.1. The predicted octanol–water partition coefficient (Wildman–Crippen LogP) is 5.88. The van der Waals surface area contributed by atoms with Crippen molar-refractivity contribution in [3.05, 3.63) is 59.0 Å². The van der Waals surface area contributed by atoms with Crippen LogP contribution in [0.25, 0.3) is 16.6 Å². The molecule has 29 heavy (non-hydrogen) atoms. The SMILES string of the molecule is Cc1cc(-n2c(C(C)C)c([C@H]3CC[C@H](C(=O)O)C3)c3cc(O)ccc32)ccc1F. The van der Waals surface area contributed by atoms with Crippen LogP contribution in [0.1, 0.15) is 61.8 Å². The van der Waals surface area contributed by atoms with Crippen molar-refractivity contribution in [3.63, 3.8) is 0 Å². The van der Waals surface area contributed by atoms with Gasteiger partial charge in [0.25, 0.3) is 0 Å². The summed E-state index contributed by atoms with van der Waals surface area (Å²) >= 11 is 0. The number of aryl methyl sites for hydroxylation is 1. The van der Waals surface area contributed by atoms with E-state index >= 15 is 0 Å². The quantitative estimate of drug-likeness (QED) is 0.580. The van der Waals surface area contributed by atoms with E-state index in [1.807, 2.05) is 12.1 Å². The maximum atomic E-state index is 13.9. The van der Waals surface area contributed by atoms with E-state index in [9.17, 15) is 19.4 Å². The molecule has 0 amide bonds. The third-order valence-electron chi connectivity index (χ3n) is 6.16. The van der Waals surface area contributed by atoms with Crippen molar-refractivity contribution in [3.8, 4) is 11.4 Å². The molecule has 3 aromatic rings. The molecule has 0 aliphatic heterocycles. The van der Waals surface area contributed by atoms with Crippen LogP contribution in [-0.2, 0) is 4.79 Å². The molecule has 0 saturated heterocycles. The third kappa shape index (κ3) is 3.28. The van der Waals surface area contributed by atoms with E-state index in [4.69, 9.17) is 0 Å². The van der Waals surface area contributed by atoms with Crippen LogP contribution in [0.15, 0.2) is 36.4 Å². The van der Waals surface area contributed by atoms with Gasteiger partial charge in [-0.3, -0.25) is 4.79 Å². The van der Waals surface area contributed by atoms with Gasteiger partial charge in [-0.15, -0.1) is 0 Å². The minimum Gasteiger partial charge on any atom is -0.508 e. The molecule has 1 saturated carbocycles. The van der Waals surface area contributed by atoms with Crippen molar-refractivity contribution in [2.24, 2.45) is 5.92 Å². The first-order valence-electron chi connectivity index (χ1n) is 10.1. The lowest BCUT2D eigenvalue weighted by Crippen LogP contribution is -2.10. The highest BCUT2D eigenvalue weighted by molar-refractivity contribution is 5.89. The van der Waals surface area contributed by atoms with E-state index in [1.165, 1.54) is 6.07 Å². The van der Waals surface area contributed by atoms with Crippen LogP contribution in [0, 0.1) is 18.7 Å². The minimum atomic E-state index is -0.737. The maximum Gasteiger partial charge on any atom is 0.306 e. The number of phenolic OH excluding ortho intramolecular Hbond substituents is 1. The molecular formula is C24H26FNO3. The molecule has 0 bridgehead atoms. The molecule has 1 aliphatic carbocycles. The first kappa shape index (κ1) is 19.5. The number of aromatic hydroxyl groups is 1. The highest BCUT2D eigenvalue weighted by Gasteiger charge is 2.35. The average Bonchev–Trinajstić information content (AvgIpc) is 3.26. The third-order valence-corrected chi connectivity index (χ3v) is 6.16. The molecular weight excluding hydrogens is 369 g/mol. The summed E-state index contributed by atoms with van der Waals surface area (Å²) < 4.78 is 16.1. The van der Waals surface area contributed by atoms with Gasteiger partial charge in [-0.2, -0.15) is 0 Å². The molecule has 5 heteroatoms. The lowest BCUT2D eigenvalue weighted by molar-refractivity contribution is -0.141. The fraction of sp³-hybridized carbons (Fsp3) is 0.375. The van der Waals surface area contributed by atoms with Crippen molar-refractivity contribution in [2.45, 2.75) is 51.9 Å². The van der Waals surface area contributed by atoms with E-state index in [2.05, 4.69) is 18.4 Å². The lowest BCUT2D eigenvalue weighted by Gasteiger charge is -2.19. The summed E-state index contributed by atoms with van der Waals surface area (Å²) in [5.74, 6) is -0.818. The fourth-order valence-electron chi connectivity index (χ4n) is 4.84. The number of benzene rings is 2. The summed E-state index contributed by atoms with van der Waals surface area (Å²) in [7, 11) is 0. The molecule has 2 N–H and O–H groups in total. The molecule has 1 heterocycles. The van der Waals surface area contributed by atoms with E-state index in [1.54, 1.807) is 25.1 Å². The predicted molar refractivity (Wildman–Crippen MR) is 111 cm³/mol. The van der Waals surface area contributed by atoms with Gasteiger partial charge in [-0.25, -0.2) is 4.39 Å². The van der Waals surface area contributed by atoms with Crippen LogP contribution in [0.4, 0.5) is 4.39 Å². The topological polar surface area (TPSA) is 62.5 Å². The van der Waals surface area contributed by atoms with Crippen LogP contribution in [0.5, 0.6) is 5.75 Å². The summed E-state index contributed by atoms with van der Waals surface area (Å²) in [6.45, 7) is 5.99. The molecule has 0 radical (unpaired) electrons. The second-order valence-corrected chi connectivity index (χ2v) is 8.47. The molecule has 2 aromatic carbocycles. The number of phenols is 1. The van der Waals surface area contributed by atoms with E-state index in [-0.39, 0.29) is 29.3 Å². The molecule has 1 fully saturated rings. The Morgan fingerprint density at radius 3 is 2.55 bits per heavy atom. The number of hydrogen-bond acceptors (Lipinski definition) is 2. The molecule has 4 rings (SSSR count). The standard InChI is InChI=1S/C24H26FNO3/c1-13(2)23-22(15-4-5-16(11-15)24(28)29)19-12-18(27)7-9-21(19)26(23)17-6-8-20(25)14(3)10-17/h6-10,12-13,15-16,27H,4-5,11H2,1-3H3,(H,28,29)/t15-,16-/m0/s1. The van der Waals surface area contributed by atoms with E-state index in [0.29, 0.717) is 18.4 Å². The highest BCUT2D eigenvalue weighted by Crippen LogP contribution is 2.47. The zero-order chi connectivity index (χ0) is 20.9. The molecule has 1 aromatic heterocycles. The molecule has 2 atom stereocenters. The smallest absolute Gasteiger partial charge is 0.306 e. The summed E-state index contributed by atoms with van der Waals surface area (Å²) in [6.07, 6.45) is 2.08. The Hall–Kier alpha value is -2.82. The normalized spacial score (nSPS) is 19.3. The van der Waals surface area contributed by atoms with E-state index in [0.717, 1.165) is 34.3 Å². The van der Waals surface area contributed by atoms with Gasteiger partial charge in [0.2, 0.25) is 0 Å². The second-order valence-electron chi connectivity index (χ2n) is 8.47. The molecule has 1 aliphatic rings. The number of carbonyl (C=O) groups is 1. The molecule has 4 nitrogen and oxygen atoms in total. The van der Waals surface area contributed by atoms with Crippen molar-refractivity contribution < 1.29 is 19.4 Å². The summed E-state index contributed by atoms with van der Waals surface area (Å²) in [5, 5.41) is 20.6. The van der Waals surface area contributed by atoms with Crippen LogP contribution in [0.2, 0.25) is 0 Å². The van der Waals surface area contributed by atoms with Gasteiger partial charge in [0.05, 0.1) is 11.4 Å². The van der Waals surface area contributed by atoms with Crippen molar-refractivity contribution in [1.29, 1.82) is 0 Å². The van der Waals surface area contributed by atoms with Crippen molar-refractivity contribution in [1.82, 2.24) is 4.57 Å². The Bertz CT molecular complexity index is 1100.